The average Bonchev–Trinajstić information content (AvgIpc) is 3.35. The molecule has 0 aliphatic carbocycles. The first kappa shape index (κ1) is 25.7. The van der Waals surface area contributed by atoms with Crippen LogP contribution in [0.1, 0.15) is 35.3 Å². The summed E-state index contributed by atoms with van der Waals surface area (Å²) >= 11 is 2.74. The summed E-state index contributed by atoms with van der Waals surface area (Å²) in [5.41, 5.74) is -0.714. The molecule has 1 atom stereocenters. The quantitative estimate of drug-likeness (QED) is 0.520. The number of hydrogen-bond acceptors (Lipinski definition) is 8. The van der Waals surface area contributed by atoms with Gasteiger partial charge in [0, 0.05) is 62.5 Å². The van der Waals surface area contributed by atoms with Crippen LogP contribution in [-0.4, -0.2) is 87.8 Å². The number of amides is 1. The number of carbonyl (C=O) groups is 2. The summed E-state index contributed by atoms with van der Waals surface area (Å²) in [7, 11) is 0. The molecule has 1 N–H and O–H groups in total. The van der Waals surface area contributed by atoms with Gasteiger partial charge in [0.2, 0.25) is 5.91 Å². The number of likely N-dealkylation sites (tertiary alicyclic amines) is 1. The van der Waals surface area contributed by atoms with Gasteiger partial charge in [-0.3, -0.25) is 9.69 Å². The summed E-state index contributed by atoms with van der Waals surface area (Å²) < 4.78 is 39.1. The van der Waals surface area contributed by atoms with E-state index >= 15 is 0 Å². The molecule has 8 nitrogen and oxygen atoms in total. The maximum atomic E-state index is 12.8. The normalized spacial score (nSPS) is 19.9. The fourth-order valence-corrected chi connectivity index (χ4v) is 6.17. The minimum Gasteiger partial charge on any atom is -0.476 e. The van der Waals surface area contributed by atoms with Crippen LogP contribution in [0.5, 0.6) is 0 Å². The van der Waals surface area contributed by atoms with Crippen LogP contribution in [0, 0.1) is 0 Å². The van der Waals surface area contributed by atoms with Crippen molar-refractivity contribution in [2.75, 3.05) is 49.9 Å². The third-order valence-electron chi connectivity index (χ3n) is 6.17. The molecule has 0 radical (unpaired) electrons. The summed E-state index contributed by atoms with van der Waals surface area (Å²) in [4.78, 5) is 37.8. The molecule has 0 bridgehead atoms. The van der Waals surface area contributed by atoms with Gasteiger partial charge in [-0.2, -0.15) is 13.2 Å². The summed E-state index contributed by atoms with van der Waals surface area (Å²) in [6.45, 7) is 4.29. The predicted molar refractivity (Wildman–Crippen MR) is 127 cm³/mol. The van der Waals surface area contributed by atoms with Gasteiger partial charge in [-0.05, 0) is 31.5 Å². The van der Waals surface area contributed by atoms with Crippen LogP contribution in [-0.2, 0) is 11.0 Å². The average molecular weight is 530 g/mol. The highest BCUT2D eigenvalue weighted by atomic mass is 32.2. The lowest BCUT2D eigenvalue weighted by Crippen LogP contribution is -2.44. The van der Waals surface area contributed by atoms with Gasteiger partial charge in [-0.25, -0.2) is 14.8 Å². The summed E-state index contributed by atoms with van der Waals surface area (Å²) in [6, 6.07) is 2.61. The highest BCUT2D eigenvalue weighted by Crippen LogP contribution is 2.30. The number of rotatable bonds is 8. The highest BCUT2D eigenvalue weighted by Gasteiger charge is 2.33. The van der Waals surface area contributed by atoms with Crippen molar-refractivity contribution < 1.29 is 27.9 Å². The first-order valence-electron chi connectivity index (χ1n) is 11.3. The van der Waals surface area contributed by atoms with Gasteiger partial charge >= 0.3 is 12.1 Å². The Bertz CT molecular complexity index is 1030. The minimum atomic E-state index is -4.40. The molecular weight excluding hydrogens is 503 g/mol. The van der Waals surface area contributed by atoms with Crippen LogP contribution in [0.2, 0.25) is 0 Å². The van der Waals surface area contributed by atoms with Gasteiger partial charge in [0.05, 0.1) is 5.56 Å². The first-order chi connectivity index (χ1) is 16.7. The lowest BCUT2D eigenvalue weighted by molar-refractivity contribution is -0.137. The van der Waals surface area contributed by atoms with Crippen molar-refractivity contribution in [2.45, 2.75) is 35.8 Å². The zero-order chi connectivity index (χ0) is 25.0. The zero-order valence-corrected chi connectivity index (χ0v) is 20.5. The van der Waals surface area contributed by atoms with Crippen LogP contribution in [0.4, 0.5) is 19.0 Å². The van der Waals surface area contributed by atoms with E-state index in [1.54, 1.807) is 0 Å². The molecule has 0 aromatic carbocycles. The van der Waals surface area contributed by atoms with Crippen LogP contribution in [0.25, 0.3) is 0 Å². The van der Waals surface area contributed by atoms with Crippen molar-refractivity contribution in [3.05, 3.63) is 35.0 Å². The van der Waals surface area contributed by atoms with Gasteiger partial charge in [-0.1, -0.05) is 11.8 Å². The number of anilines is 1. The Morgan fingerprint density at radius 1 is 1.23 bits per heavy atom. The Morgan fingerprint density at radius 3 is 2.74 bits per heavy atom. The summed E-state index contributed by atoms with van der Waals surface area (Å²) in [5.74, 6) is 0.268. The largest absolute Gasteiger partial charge is 0.476 e. The second-order valence-corrected chi connectivity index (χ2v) is 10.7. The fourth-order valence-electron chi connectivity index (χ4n) is 4.36. The third kappa shape index (κ3) is 6.64. The standard InChI is InChI=1S/C22H26F3N5O3S2/c23-22(24,25)15-2-4-18(26-12-15)29-7-1-6-28(8-9-29)13-16-3-5-19(31)30(16)10-11-34-21-27-17(14-35-21)20(32)33/h2,4,12,14,16H,1,3,5-11,13H2,(H,32,33)/t16-/m1/s1. The molecule has 0 unspecified atom stereocenters. The summed E-state index contributed by atoms with van der Waals surface area (Å²) in [6.07, 6.45) is -1.34. The number of alkyl halides is 3. The maximum Gasteiger partial charge on any atom is 0.417 e. The Morgan fingerprint density at radius 2 is 2.06 bits per heavy atom. The Labute approximate surface area is 209 Å². The van der Waals surface area contributed by atoms with E-state index in [9.17, 15) is 22.8 Å². The summed E-state index contributed by atoms with van der Waals surface area (Å²) in [5, 5.41) is 10.5. The molecule has 35 heavy (non-hydrogen) atoms. The Balaban J connectivity index is 1.27. The number of nitrogens with zero attached hydrogens (tertiary/aromatic N) is 5. The van der Waals surface area contributed by atoms with Crippen LogP contribution in [0.3, 0.4) is 0 Å². The smallest absolute Gasteiger partial charge is 0.417 e. The Hall–Kier alpha value is -2.38. The van der Waals surface area contributed by atoms with Gasteiger partial charge in [-0.15, -0.1) is 11.3 Å². The first-order valence-corrected chi connectivity index (χ1v) is 13.2. The number of carboxylic acid groups (broad SMARTS) is 1. The van der Waals surface area contributed by atoms with Crippen LogP contribution < -0.4 is 4.90 Å². The van der Waals surface area contributed by atoms with E-state index in [4.69, 9.17) is 5.11 Å². The van der Waals surface area contributed by atoms with Gasteiger partial charge < -0.3 is 14.9 Å². The van der Waals surface area contributed by atoms with Gasteiger partial charge in [0.25, 0.3) is 0 Å². The highest BCUT2D eigenvalue weighted by molar-refractivity contribution is 8.01. The van der Waals surface area contributed by atoms with Gasteiger partial charge in [0.15, 0.2) is 10.0 Å². The SMILES string of the molecule is O=C(O)c1csc(SCCN2C(=O)CC[C@@H]2CN2CCCN(c3ccc(C(F)(F)F)cn3)CC2)n1. The van der Waals surface area contributed by atoms with E-state index in [-0.39, 0.29) is 17.6 Å². The molecular formula is C22H26F3N5O3S2. The molecule has 2 aliphatic rings. The van der Waals surface area contributed by atoms with Crippen LogP contribution in [0.15, 0.2) is 28.0 Å². The molecule has 0 spiro atoms. The fraction of sp³-hybridized carbons (Fsp3) is 0.545. The predicted octanol–water partition coefficient (Wildman–Crippen LogP) is 3.55. The van der Waals surface area contributed by atoms with E-state index < -0.39 is 17.7 Å². The van der Waals surface area contributed by atoms with Crippen molar-refractivity contribution in [3.8, 4) is 0 Å². The van der Waals surface area contributed by atoms with E-state index in [1.165, 1.54) is 34.5 Å². The lowest BCUT2D eigenvalue weighted by atomic mass is 10.2. The van der Waals surface area contributed by atoms with E-state index in [1.807, 2.05) is 9.80 Å². The molecule has 2 fully saturated rings. The molecule has 2 saturated heterocycles. The number of aromatic nitrogens is 2. The van der Waals surface area contributed by atoms with E-state index in [0.717, 1.165) is 44.7 Å². The monoisotopic (exact) mass is 529 g/mol. The number of carbonyl (C=O) groups excluding carboxylic acids is 1. The molecule has 2 aliphatic heterocycles. The number of thioether (sulfide) groups is 1. The van der Waals surface area contributed by atoms with E-state index in [0.29, 0.717) is 42.0 Å². The molecule has 4 heterocycles. The van der Waals surface area contributed by atoms with Crippen molar-refractivity contribution >= 4 is 40.8 Å². The topological polar surface area (TPSA) is 89.9 Å². The second kappa shape index (κ2) is 11.1. The number of carboxylic acids is 1. The molecule has 13 heteroatoms. The molecule has 2 aromatic heterocycles. The maximum absolute atomic E-state index is 12.8. The number of thiazole rings is 1. The lowest BCUT2D eigenvalue weighted by Gasteiger charge is -2.30. The number of aromatic carboxylic acids is 1. The zero-order valence-electron chi connectivity index (χ0n) is 18.9. The van der Waals surface area contributed by atoms with Crippen LogP contribution >= 0.6 is 23.1 Å². The molecule has 4 rings (SSSR count). The number of pyridine rings is 1. The number of halogens is 3. The van der Waals surface area contributed by atoms with E-state index in [2.05, 4.69) is 14.9 Å². The molecule has 2 aromatic rings. The molecule has 0 saturated carbocycles. The van der Waals surface area contributed by atoms with Gasteiger partial charge in [0.1, 0.15) is 5.82 Å². The van der Waals surface area contributed by atoms with Crippen molar-refractivity contribution in [2.24, 2.45) is 0 Å². The third-order valence-corrected chi connectivity index (χ3v) is 8.17. The number of hydrogen-bond donors (Lipinski definition) is 1. The molecule has 190 valence electrons. The van der Waals surface area contributed by atoms with Crippen molar-refractivity contribution in [1.29, 1.82) is 0 Å². The van der Waals surface area contributed by atoms with Crippen molar-refractivity contribution in [1.82, 2.24) is 19.8 Å². The Kier molecular flexibility index (Phi) is 8.17. The second-order valence-electron chi connectivity index (χ2n) is 8.48. The van der Waals surface area contributed by atoms with Crippen molar-refractivity contribution in [3.63, 3.8) is 0 Å². The molecule has 1 amide bonds. The minimum absolute atomic E-state index is 0.0364.